The van der Waals surface area contributed by atoms with E-state index in [1.807, 2.05) is 30.5 Å². The molecule has 0 radical (unpaired) electrons. The van der Waals surface area contributed by atoms with E-state index in [2.05, 4.69) is 4.98 Å². The first kappa shape index (κ1) is 18.4. The predicted octanol–water partition coefficient (Wildman–Crippen LogP) is 5.51. The van der Waals surface area contributed by atoms with Crippen LogP contribution in [0.2, 0.25) is 5.15 Å². The zero-order valence-corrected chi connectivity index (χ0v) is 15.5. The normalized spacial score (nSPS) is 11.2. The molecule has 3 nitrogen and oxygen atoms in total. The van der Waals surface area contributed by atoms with Crippen LogP contribution in [-0.2, 0) is 16.1 Å². The van der Waals surface area contributed by atoms with Gasteiger partial charge in [-0.25, -0.2) is 14.2 Å². The van der Waals surface area contributed by atoms with E-state index >= 15 is 0 Å². The molecule has 0 N–H and O–H groups in total. The minimum atomic E-state index is -0.511. The Labute approximate surface area is 159 Å². The lowest BCUT2D eigenvalue weighted by Crippen LogP contribution is -2.02. The molecule has 0 atom stereocenters. The third-order valence-corrected chi connectivity index (χ3v) is 4.76. The lowest BCUT2D eigenvalue weighted by molar-refractivity contribution is -0.138. The van der Waals surface area contributed by atoms with Gasteiger partial charge in [0.2, 0.25) is 0 Å². The zero-order chi connectivity index (χ0) is 18.5. The quantitative estimate of drug-likeness (QED) is 0.250. The minimum absolute atomic E-state index is 0.0264. The van der Waals surface area contributed by atoms with Crippen molar-refractivity contribution in [2.24, 2.45) is 0 Å². The number of fused-ring (bicyclic) bond motifs is 1. The van der Waals surface area contributed by atoms with Crippen LogP contribution in [0.1, 0.15) is 11.1 Å². The molecule has 3 aromatic rings. The summed E-state index contributed by atoms with van der Waals surface area (Å²) in [7, 11) is 0. The smallest absolute Gasteiger partial charge is 0.331 e. The summed E-state index contributed by atoms with van der Waals surface area (Å²) >= 11 is 7.84. The van der Waals surface area contributed by atoms with Crippen LogP contribution in [-0.4, -0.2) is 17.2 Å². The number of halogens is 2. The van der Waals surface area contributed by atoms with Crippen LogP contribution in [0.15, 0.2) is 59.5 Å². The second-order valence-corrected chi connectivity index (χ2v) is 6.73. The Hall–Kier alpha value is -2.37. The Kier molecular flexibility index (Phi) is 5.91. The summed E-state index contributed by atoms with van der Waals surface area (Å²) < 4.78 is 18.1. The summed E-state index contributed by atoms with van der Waals surface area (Å²) in [6.07, 6.45) is 4.85. The Morgan fingerprint density at radius 3 is 2.73 bits per heavy atom. The summed E-state index contributed by atoms with van der Waals surface area (Å²) in [5.74, 6) is -0.837. The van der Waals surface area contributed by atoms with Gasteiger partial charge < -0.3 is 4.74 Å². The number of hydrogen-bond acceptors (Lipinski definition) is 4. The standard InChI is InChI=1S/C20H15ClFNO2S/c1-26-17-8-5-14-10-15(20(21)23-18(14)11-17)12-25-19(24)9-4-13-2-6-16(22)7-3-13/h2-11H,12H2,1H3/b9-4+. The van der Waals surface area contributed by atoms with Crippen molar-refractivity contribution in [2.75, 3.05) is 6.26 Å². The fourth-order valence-corrected chi connectivity index (χ4v) is 2.96. The highest BCUT2D eigenvalue weighted by Crippen LogP contribution is 2.25. The zero-order valence-electron chi connectivity index (χ0n) is 13.9. The Bertz CT molecular complexity index is 973. The highest BCUT2D eigenvalue weighted by atomic mass is 35.5. The number of aromatic nitrogens is 1. The average molecular weight is 388 g/mol. The first-order chi connectivity index (χ1) is 12.5. The number of carbonyl (C=O) groups is 1. The van der Waals surface area contributed by atoms with Crippen molar-refractivity contribution in [3.05, 3.63) is 76.7 Å². The van der Waals surface area contributed by atoms with Gasteiger partial charge in [-0.1, -0.05) is 29.8 Å². The van der Waals surface area contributed by atoms with Gasteiger partial charge >= 0.3 is 5.97 Å². The van der Waals surface area contributed by atoms with Crippen molar-refractivity contribution in [2.45, 2.75) is 11.5 Å². The van der Waals surface area contributed by atoms with Crippen molar-refractivity contribution in [1.29, 1.82) is 0 Å². The third-order valence-electron chi connectivity index (χ3n) is 3.70. The fraction of sp³-hybridized carbons (Fsp3) is 0.100. The van der Waals surface area contributed by atoms with Gasteiger partial charge in [-0.3, -0.25) is 0 Å². The summed E-state index contributed by atoms with van der Waals surface area (Å²) in [5, 5.41) is 1.24. The maximum atomic E-state index is 12.8. The summed E-state index contributed by atoms with van der Waals surface area (Å²) in [6, 6.07) is 13.6. The summed E-state index contributed by atoms with van der Waals surface area (Å²) in [5.41, 5.74) is 2.14. The minimum Gasteiger partial charge on any atom is -0.458 e. The fourth-order valence-electron chi connectivity index (χ4n) is 2.33. The summed E-state index contributed by atoms with van der Waals surface area (Å²) in [6.45, 7) is 0.0264. The molecule has 3 rings (SSSR count). The van der Waals surface area contributed by atoms with Crippen LogP contribution >= 0.6 is 23.4 Å². The molecule has 0 aliphatic rings. The van der Waals surface area contributed by atoms with Gasteiger partial charge in [0, 0.05) is 21.9 Å². The van der Waals surface area contributed by atoms with Gasteiger partial charge in [-0.05, 0) is 48.2 Å². The molecule has 0 saturated carbocycles. The number of esters is 1. The highest BCUT2D eigenvalue weighted by molar-refractivity contribution is 7.98. The number of carbonyl (C=O) groups excluding carboxylic acids is 1. The van der Waals surface area contributed by atoms with E-state index in [0.29, 0.717) is 16.3 Å². The van der Waals surface area contributed by atoms with E-state index in [4.69, 9.17) is 16.3 Å². The first-order valence-corrected chi connectivity index (χ1v) is 9.39. The number of rotatable bonds is 5. The molecule has 26 heavy (non-hydrogen) atoms. The van der Waals surface area contributed by atoms with Crippen molar-refractivity contribution >= 4 is 46.3 Å². The van der Waals surface area contributed by atoms with Crippen molar-refractivity contribution < 1.29 is 13.9 Å². The van der Waals surface area contributed by atoms with E-state index in [0.717, 1.165) is 15.8 Å². The Balaban J connectivity index is 1.67. The van der Waals surface area contributed by atoms with E-state index < -0.39 is 5.97 Å². The number of benzene rings is 2. The van der Waals surface area contributed by atoms with Crippen LogP contribution in [0.4, 0.5) is 4.39 Å². The molecule has 1 heterocycles. The van der Waals surface area contributed by atoms with Crippen molar-refractivity contribution in [3.63, 3.8) is 0 Å². The molecule has 0 amide bonds. The molecular formula is C20H15ClFNO2S. The van der Waals surface area contributed by atoms with Gasteiger partial charge in [0.15, 0.2) is 0 Å². The lowest BCUT2D eigenvalue weighted by atomic mass is 10.1. The van der Waals surface area contributed by atoms with Crippen molar-refractivity contribution in [3.8, 4) is 0 Å². The highest BCUT2D eigenvalue weighted by Gasteiger charge is 2.08. The van der Waals surface area contributed by atoms with Gasteiger partial charge in [0.25, 0.3) is 0 Å². The van der Waals surface area contributed by atoms with Crippen LogP contribution in [0.3, 0.4) is 0 Å². The van der Waals surface area contributed by atoms with Crippen molar-refractivity contribution in [1.82, 2.24) is 4.98 Å². The van der Waals surface area contributed by atoms with E-state index in [-0.39, 0.29) is 12.4 Å². The maximum absolute atomic E-state index is 12.8. The molecule has 0 unspecified atom stereocenters. The monoisotopic (exact) mass is 387 g/mol. The van der Waals surface area contributed by atoms with Crippen LogP contribution in [0, 0.1) is 5.82 Å². The molecule has 0 saturated heterocycles. The molecule has 132 valence electrons. The SMILES string of the molecule is CSc1ccc2cc(COC(=O)/C=C/c3ccc(F)cc3)c(Cl)nc2c1. The molecular weight excluding hydrogens is 373 g/mol. The third kappa shape index (κ3) is 4.62. The van der Waals surface area contributed by atoms with Gasteiger partial charge in [0.1, 0.15) is 17.6 Å². The second kappa shape index (κ2) is 8.34. The molecule has 6 heteroatoms. The van der Waals surface area contributed by atoms with Crippen LogP contribution in [0.5, 0.6) is 0 Å². The van der Waals surface area contributed by atoms with E-state index in [1.165, 1.54) is 18.2 Å². The van der Waals surface area contributed by atoms with Crippen LogP contribution < -0.4 is 0 Å². The number of nitrogens with zero attached hydrogens (tertiary/aromatic N) is 1. The molecule has 1 aromatic heterocycles. The Morgan fingerprint density at radius 2 is 2.00 bits per heavy atom. The second-order valence-electron chi connectivity index (χ2n) is 5.49. The average Bonchev–Trinajstić information content (AvgIpc) is 2.65. The van der Waals surface area contributed by atoms with Gasteiger partial charge in [-0.15, -0.1) is 11.8 Å². The predicted molar refractivity (Wildman–Crippen MR) is 104 cm³/mol. The van der Waals surface area contributed by atoms with E-state index in [1.54, 1.807) is 30.0 Å². The van der Waals surface area contributed by atoms with Crippen LogP contribution in [0.25, 0.3) is 17.0 Å². The number of ether oxygens (including phenoxy) is 1. The topological polar surface area (TPSA) is 39.2 Å². The summed E-state index contributed by atoms with van der Waals surface area (Å²) in [4.78, 5) is 17.3. The first-order valence-electron chi connectivity index (χ1n) is 7.79. The molecule has 0 spiro atoms. The number of hydrogen-bond donors (Lipinski definition) is 0. The molecule has 0 bridgehead atoms. The van der Waals surface area contributed by atoms with E-state index in [9.17, 15) is 9.18 Å². The Morgan fingerprint density at radius 1 is 1.23 bits per heavy atom. The lowest BCUT2D eigenvalue weighted by Gasteiger charge is -2.07. The molecule has 0 aliphatic heterocycles. The molecule has 0 fully saturated rings. The maximum Gasteiger partial charge on any atom is 0.331 e. The number of thioether (sulfide) groups is 1. The molecule has 2 aromatic carbocycles. The molecule has 0 aliphatic carbocycles. The van der Waals surface area contributed by atoms with Gasteiger partial charge in [0.05, 0.1) is 5.52 Å². The number of pyridine rings is 1. The van der Waals surface area contributed by atoms with Gasteiger partial charge in [-0.2, -0.15) is 0 Å². The largest absolute Gasteiger partial charge is 0.458 e.